The summed E-state index contributed by atoms with van der Waals surface area (Å²) in [4.78, 5) is 10.1. The Balaban J connectivity index is 2.89. The molecule has 1 N–H and O–H groups in total. The Labute approximate surface area is 87.0 Å². The lowest BCUT2D eigenvalue weighted by atomic mass is 10.2. The van der Waals surface area contributed by atoms with E-state index in [4.69, 9.17) is 11.6 Å². The number of hydrogen-bond acceptors (Lipinski definition) is 3. The molecule has 0 saturated carbocycles. The Bertz CT molecular complexity index is 342. The monoisotopic (exact) mass is 214 g/mol. The molecule has 1 aromatic rings. The minimum absolute atomic E-state index is 0.0623. The van der Waals surface area contributed by atoms with Gasteiger partial charge in [0, 0.05) is 18.3 Å². The highest BCUT2D eigenvalue weighted by molar-refractivity contribution is 6.32. The second-order valence-corrected chi connectivity index (χ2v) is 3.26. The maximum Gasteiger partial charge on any atom is 0.289 e. The van der Waals surface area contributed by atoms with Gasteiger partial charge in [-0.05, 0) is 18.6 Å². The predicted molar refractivity (Wildman–Crippen MR) is 56.9 cm³/mol. The van der Waals surface area contributed by atoms with Crippen molar-refractivity contribution in [3.8, 4) is 0 Å². The van der Waals surface area contributed by atoms with Crippen molar-refractivity contribution in [1.29, 1.82) is 0 Å². The van der Waals surface area contributed by atoms with Crippen molar-refractivity contribution < 1.29 is 4.92 Å². The summed E-state index contributed by atoms with van der Waals surface area (Å²) >= 11 is 5.66. The van der Waals surface area contributed by atoms with Crippen molar-refractivity contribution in [3.05, 3.63) is 33.3 Å². The van der Waals surface area contributed by atoms with Gasteiger partial charge in [0.05, 0.1) is 4.92 Å². The third kappa shape index (κ3) is 2.60. The van der Waals surface area contributed by atoms with E-state index in [-0.39, 0.29) is 10.7 Å². The third-order valence-electron chi connectivity index (χ3n) is 1.72. The summed E-state index contributed by atoms with van der Waals surface area (Å²) in [5.74, 6) is 0. The molecular formula is C9H11ClN2O2. The number of anilines is 1. The molecule has 1 rings (SSSR count). The molecule has 0 aliphatic heterocycles. The topological polar surface area (TPSA) is 55.2 Å². The average molecular weight is 215 g/mol. The van der Waals surface area contributed by atoms with Gasteiger partial charge in [0.1, 0.15) is 5.02 Å². The fraction of sp³-hybridized carbons (Fsp3) is 0.333. The molecular weight excluding hydrogens is 204 g/mol. The van der Waals surface area contributed by atoms with Gasteiger partial charge in [0.15, 0.2) is 0 Å². The average Bonchev–Trinajstić information content (AvgIpc) is 2.16. The number of halogens is 1. The summed E-state index contributed by atoms with van der Waals surface area (Å²) < 4.78 is 0. The highest BCUT2D eigenvalue weighted by Crippen LogP contribution is 2.27. The molecule has 1 aromatic carbocycles. The highest BCUT2D eigenvalue weighted by Gasteiger charge is 2.11. The Hall–Kier alpha value is -1.29. The summed E-state index contributed by atoms with van der Waals surface area (Å²) in [6, 6.07) is 4.70. The van der Waals surface area contributed by atoms with Crippen molar-refractivity contribution in [3.63, 3.8) is 0 Å². The van der Waals surface area contributed by atoms with Crippen LogP contribution in [0.25, 0.3) is 0 Å². The zero-order chi connectivity index (χ0) is 10.6. The van der Waals surface area contributed by atoms with Crippen LogP contribution >= 0.6 is 11.6 Å². The van der Waals surface area contributed by atoms with Crippen LogP contribution in [0.2, 0.25) is 5.02 Å². The van der Waals surface area contributed by atoms with Crippen LogP contribution in [0.3, 0.4) is 0 Å². The lowest BCUT2D eigenvalue weighted by molar-refractivity contribution is -0.384. The second kappa shape index (κ2) is 4.81. The molecule has 0 bridgehead atoms. The first-order valence-electron chi connectivity index (χ1n) is 4.33. The van der Waals surface area contributed by atoms with Crippen molar-refractivity contribution in [2.24, 2.45) is 0 Å². The molecule has 0 radical (unpaired) electrons. The second-order valence-electron chi connectivity index (χ2n) is 2.85. The molecule has 4 nitrogen and oxygen atoms in total. The van der Waals surface area contributed by atoms with Gasteiger partial charge in [0.2, 0.25) is 0 Å². The van der Waals surface area contributed by atoms with E-state index in [2.05, 4.69) is 5.32 Å². The third-order valence-corrected chi connectivity index (χ3v) is 2.04. The summed E-state index contributed by atoms with van der Waals surface area (Å²) in [7, 11) is 0. The zero-order valence-electron chi connectivity index (χ0n) is 7.79. The van der Waals surface area contributed by atoms with E-state index in [0.717, 1.165) is 18.7 Å². The van der Waals surface area contributed by atoms with Crippen LogP contribution in [0.4, 0.5) is 11.4 Å². The van der Waals surface area contributed by atoms with E-state index in [1.54, 1.807) is 6.07 Å². The first-order chi connectivity index (χ1) is 6.65. The van der Waals surface area contributed by atoms with Crippen molar-refractivity contribution >= 4 is 23.0 Å². The number of nitro benzene ring substituents is 1. The molecule has 0 unspecified atom stereocenters. The molecule has 0 atom stereocenters. The fourth-order valence-electron chi connectivity index (χ4n) is 1.03. The fourth-order valence-corrected chi connectivity index (χ4v) is 1.22. The minimum Gasteiger partial charge on any atom is -0.385 e. The van der Waals surface area contributed by atoms with Crippen molar-refractivity contribution in [2.75, 3.05) is 11.9 Å². The molecule has 0 aliphatic rings. The van der Waals surface area contributed by atoms with Gasteiger partial charge in [-0.25, -0.2) is 0 Å². The van der Waals surface area contributed by atoms with Crippen LogP contribution in [-0.4, -0.2) is 11.5 Å². The number of nitrogens with zero attached hydrogens (tertiary/aromatic N) is 1. The Morgan fingerprint density at radius 1 is 1.57 bits per heavy atom. The maximum atomic E-state index is 10.5. The normalized spacial score (nSPS) is 9.86. The first-order valence-corrected chi connectivity index (χ1v) is 4.70. The number of benzene rings is 1. The molecule has 0 heterocycles. The quantitative estimate of drug-likeness (QED) is 0.619. The minimum atomic E-state index is -0.487. The largest absolute Gasteiger partial charge is 0.385 e. The van der Waals surface area contributed by atoms with Crippen molar-refractivity contribution in [2.45, 2.75) is 13.3 Å². The van der Waals surface area contributed by atoms with Crippen LogP contribution in [-0.2, 0) is 0 Å². The van der Waals surface area contributed by atoms with E-state index in [1.807, 2.05) is 6.92 Å². The molecule has 0 fully saturated rings. The van der Waals surface area contributed by atoms with Gasteiger partial charge in [-0.15, -0.1) is 0 Å². The Morgan fingerprint density at radius 2 is 2.29 bits per heavy atom. The summed E-state index contributed by atoms with van der Waals surface area (Å²) in [5.41, 5.74) is 0.663. The Kier molecular flexibility index (Phi) is 3.71. The number of nitro groups is 1. The number of hydrogen-bond donors (Lipinski definition) is 1. The smallest absolute Gasteiger partial charge is 0.289 e. The highest BCUT2D eigenvalue weighted by atomic mass is 35.5. The van der Waals surface area contributed by atoms with Gasteiger partial charge in [0.25, 0.3) is 5.69 Å². The summed E-state index contributed by atoms with van der Waals surface area (Å²) in [5, 5.41) is 13.8. The van der Waals surface area contributed by atoms with Crippen LogP contribution < -0.4 is 5.32 Å². The van der Waals surface area contributed by atoms with Crippen LogP contribution in [0.5, 0.6) is 0 Å². The zero-order valence-corrected chi connectivity index (χ0v) is 8.54. The molecule has 14 heavy (non-hydrogen) atoms. The predicted octanol–water partition coefficient (Wildman–Crippen LogP) is 3.07. The molecule has 76 valence electrons. The molecule has 0 spiro atoms. The van der Waals surface area contributed by atoms with Crippen LogP contribution in [0, 0.1) is 10.1 Å². The van der Waals surface area contributed by atoms with Gasteiger partial charge in [-0.1, -0.05) is 18.5 Å². The molecule has 0 saturated heterocycles. The van der Waals surface area contributed by atoms with Crippen molar-refractivity contribution in [1.82, 2.24) is 0 Å². The van der Waals surface area contributed by atoms with E-state index in [1.165, 1.54) is 12.1 Å². The standard InChI is InChI=1S/C9H11ClN2O2/c1-2-5-11-7-3-4-8(10)9(6-7)12(13)14/h3-4,6,11H,2,5H2,1H3. The van der Waals surface area contributed by atoms with Gasteiger partial charge in [-0.2, -0.15) is 0 Å². The molecule has 0 amide bonds. The molecule has 0 aromatic heterocycles. The SMILES string of the molecule is CCCNc1ccc(Cl)c([N+](=O)[O-])c1. The lowest BCUT2D eigenvalue weighted by Gasteiger charge is -2.04. The van der Waals surface area contributed by atoms with Gasteiger partial charge >= 0.3 is 0 Å². The number of rotatable bonds is 4. The van der Waals surface area contributed by atoms with Gasteiger partial charge < -0.3 is 5.32 Å². The van der Waals surface area contributed by atoms with E-state index in [9.17, 15) is 10.1 Å². The van der Waals surface area contributed by atoms with E-state index in [0.29, 0.717) is 0 Å². The Morgan fingerprint density at radius 3 is 2.86 bits per heavy atom. The van der Waals surface area contributed by atoms with Crippen LogP contribution in [0.1, 0.15) is 13.3 Å². The van der Waals surface area contributed by atoms with Gasteiger partial charge in [-0.3, -0.25) is 10.1 Å². The first kappa shape index (κ1) is 10.8. The maximum absolute atomic E-state index is 10.5. The van der Waals surface area contributed by atoms with Crippen LogP contribution in [0.15, 0.2) is 18.2 Å². The number of nitrogens with one attached hydrogen (secondary N) is 1. The molecule has 5 heteroatoms. The summed E-state index contributed by atoms with van der Waals surface area (Å²) in [6.07, 6.45) is 0.969. The summed E-state index contributed by atoms with van der Waals surface area (Å²) in [6.45, 7) is 2.82. The molecule has 0 aliphatic carbocycles. The van der Waals surface area contributed by atoms with E-state index < -0.39 is 4.92 Å². The lowest BCUT2D eigenvalue weighted by Crippen LogP contribution is -2.00. The van der Waals surface area contributed by atoms with E-state index >= 15 is 0 Å².